The molecule has 0 N–H and O–H groups in total. The van der Waals surface area contributed by atoms with Gasteiger partial charge < -0.3 is 9.47 Å². The minimum Gasteiger partial charge on any atom is -0.497 e. The fourth-order valence-corrected chi connectivity index (χ4v) is 3.40. The predicted molar refractivity (Wildman–Crippen MR) is 98.3 cm³/mol. The molecule has 2 aromatic carbocycles. The highest BCUT2D eigenvalue weighted by atomic mass is 16.5. The first-order valence-corrected chi connectivity index (χ1v) is 8.47. The molecule has 0 atom stereocenters. The lowest BCUT2D eigenvalue weighted by atomic mass is 9.81. The second kappa shape index (κ2) is 6.68. The maximum Gasteiger partial charge on any atom is 0.118 e. The van der Waals surface area contributed by atoms with Crippen LogP contribution in [0.15, 0.2) is 53.5 Å². The Balaban J connectivity index is 2.10. The molecule has 0 bridgehead atoms. The average molecular weight is 323 g/mol. The van der Waals surface area contributed by atoms with E-state index in [4.69, 9.17) is 14.5 Å². The molecule has 0 saturated carbocycles. The van der Waals surface area contributed by atoms with Crippen LogP contribution in [0.2, 0.25) is 0 Å². The van der Waals surface area contributed by atoms with Crippen LogP contribution in [-0.4, -0.2) is 19.9 Å². The van der Waals surface area contributed by atoms with Gasteiger partial charge in [-0.2, -0.15) is 0 Å². The molecule has 0 unspecified atom stereocenters. The first kappa shape index (κ1) is 16.6. The third-order valence-corrected chi connectivity index (χ3v) is 4.88. The molecule has 24 heavy (non-hydrogen) atoms. The molecule has 0 aliphatic carbocycles. The third-order valence-electron chi connectivity index (χ3n) is 4.88. The molecule has 0 amide bonds. The largest absolute Gasteiger partial charge is 0.497 e. The van der Waals surface area contributed by atoms with E-state index < -0.39 is 0 Å². The standard InChI is InChI=1S/C21H25NO2/c1-15(2)20-13-14-21(22-20,16-5-9-18(23-3)10-6-16)17-7-11-19(24-4)12-8-17/h5-12,15H,13-14H2,1-4H3. The molecule has 0 aromatic heterocycles. The Morgan fingerprint density at radius 1 is 0.833 bits per heavy atom. The SMILES string of the molecule is COc1ccc(C2(c3ccc(OC)cc3)CCC(C(C)C)=N2)cc1. The first-order valence-electron chi connectivity index (χ1n) is 8.47. The maximum absolute atomic E-state index is 5.31. The van der Waals surface area contributed by atoms with Crippen LogP contribution < -0.4 is 9.47 Å². The van der Waals surface area contributed by atoms with E-state index in [1.807, 2.05) is 24.3 Å². The summed E-state index contributed by atoms with van der Waals surface area (Å²) in [6, 6.07) is 16.6. The van der Waals surface area contributed by atoms with Crippen molar-refractivity contribution in [2.75, 3.05) is 14.2 Å². The van der Waals surface area contributed by atoms with Gasteiger partial charge in [-0.1, -0.05) is 38.1 Å². The number of ether oxygens (including phenoxy) is 2. The highest BCUT2D eigenvalue weighted by Gasteiger charge is 2.38. The van der Waals surface area contributed by atoms with Crippen LogP contribution >= 0.6 is 0 Å². The van der Waals surface area contributed by atoms with Gasteiger partial charge in [-0.15, -0.1) is 0 Å². The van der Waals surface area contributed by atoms with Crippen LogP contribution in [0.25, 0.3) is 0 Å². The summed E-state index contributed by atoms with van der Waals surface area (Å²) < 4.78 is 10.6. The second-order valence-corrected chi connectivity index (χ2v) is 6.58. The van der Waals surface area contributed by atoms with Gasteiger partial charge in [0.15, 0.2) is 0 Å². The van der Waals surface area contributed by atoms with Gasteiger partial charge in [0.2, 0.25) is 0 Å². The van der Waals surface area contributed by atoms with E-state index in [0.29, 0.717) is 5.92 Å². The summed E-state index contributed by atoms with van der Waals surface area (Å²) >= 11 is 0. The molecular formula is C21H25NO2. The van der Waals surface area contributed by atoms with Crippen LogP contribution in [0.1, 0.15) is 37.8 Å². The number of benzene rings is 2. The van der Waals surface area contributed by atoms with E-state index in [0.717, 1.165) is 24.3 Å². The first-order chi connectivity index (χ1) is 11.6. The van der Waals surface area contributed by atoms with Crippen LogP contribution in [0.5, 0.6) is 11.5 Å². The molecule has 3 heteroatoms. The smallest absolute Gasteiger partial charge is 0.118 e. The van der Waals surface area contributed by atoms with Crippen molar-refractivity contribution in [2.45, 2.75) is 32.2 Å². The highest BCUT2D eigenvalue weighted by Crippen LogP contribution is 2.44. The summed E-state index contributed by atoms with van der Waals surface area (Å²) in [6.45, 7) is 4.44. The van der Waals surface area contributed by atoms with Crippen LogP contribution in [0.3, 0.4) is 0 Å². The molecule has 3 nitrogen and oxygen atoms in total. The lowest BCUT2D eigenvalue weighted by molar-refractivity contribution is 0.413. The topological polar surface area (TPSA) is 30.8 Å². The van der Waals surface area contributed by atoms with Crippen LogP contribution in [0, 0.1) is 5.92 Å². The minimum absolute atomic E-state index is 0.307. The minimum atomic E-state index is -0.307. The Morgan fingerprint density at radius 3 is 1.62 bits per heavy atom. The normalized spacial score (nSPS) is 16.1. The monoisotopic (exact) mass is 323 g/mol. The number of aliphatic imine (C=N–C) groups is 1. The molecule has 1 aliphatic rings. The molecule has 1 heterocycles. The Kier molecular flexibility index (Phi) is 4.61. The van der Waals surface area contributed by atoms with Crippen molar-refractivity contribution in [3.63, 3.8) is 0 Å². The average Bonchev–Trinajstić information content (AvgIpc) is 3.09. The summed E-state index contributed by atoms with van der Waals surface area (Å²) in [5.41, 5.74) is 3.41. The molecule has 126 valence electrons. The predicted octanol–water partition coefficient (Wildman–Crippen LogP) is 4.84. The summed E-state index contributed by atoms with van der Waals surface area (Å²) in [7, 11) is 3.39. The van der Waals surface area contributed by atoms with Gasteiger partial charge in [0, 0.05) is 5.71 Å². The maximum atomic E-state index is 5.31. The molecule has 1 aliphatic heterocycles. The summed E-state index contributed by atoms with van der Waals surface area (Å²) in [6.07, 6.45) is 2.04. The highest BCUT2D eigenvalue weighted by molar-refractivity contribution is 5.89. The van der Waals surface area contributed by atoms with Gasteiger partial charge in [0.05, 0.1) is 14.2 Å². The fourth-order valence-electron chi connectivity index (χ4n) is 3.40. The van der Waals surface area contributed by atoms with Crippen molar-refractivity contribution in [1.82, 2.24) is 0 Å². The summed E-state index contributed by atoms with van der Waals surface area (Å²) in [5, 5.41) is 0. The number of nitrogens with zero attached hydrogens (tertiary/aromatic N) is 1. The summed E-state index contributed by atoms with van der Waals surface area (Å²) in [4.78, 5) is 5.21. The van der Waals surface area contributed by atoms with Crippen LogP contribution in [-0.2, 0) is 5.54 Å². The van der Waals surface area contributed by atoms with Gasteiger partial charge in [0.1, 0.15) is 17.0 Å². The fraction of sp³-hybridized carbons (Fsp3) is 0.381. The lowest BCUT2D eigenvalue weighted by Crippen LogP contribution is -2.22. The zero-order valence-corrected chi connectivity index (χ0v) is 14.9. The van der Waals surface area contributed by atoms with E-state index in [2.05, 4.69) is 38.1 Å². The van der Waals surface area contributed by atoms with Gasteiger partial charge in [-0.05, 0) is 54.2 Å². The van der Waals surface area contributed by atoms with Gasteiger partial charge in [-0.25, -0.2) is 0 Å². The van der Waals surface area contributed by atoms with Crippen molar-refractivity contribution in [3.8, 4) is 11.5 Å². The van der Waals surface area contributed by atoms with E-state index in [9.17, 15) is 0 Å². The summed E-state index contributed by atoms with van der Waals surface area (Å²) in [5.74, 6) is 2.22. The van der Waals surface area contributed by atoms with Crippen molar-refractivity contribution in [1.29, 1.82) is 0 Å². The van der Waals surface area contributed by atoms with Gasteiger partial charge >= 0.3 is 0 Å². The number of hydrogen-bond donors (Lipinski definition) is 0. The molecule has 0 radical (unpaired) electrons. The second-order valence-electron chi connectivity index (χ2n) is 6.58. The molecular weight excluding hydrogens is 298 g/mol. The van der Waals surface area contributed by atoms with Crippen LogP contribution in [0.4, 0.5) is 0 Å². The Labute approximate surface area is 144 Å². The van der Waals surface area contributed by atoms with Crippen molar-refractivity contribution in [3.05, 3.63) is 59.7 Å². The Bertz CT molecular complexity index is 667. The number of methoxy groups -OCH3 is 2. The lowest BCUT2D eigenvalue weighted by Gasteiger charge is -2.28. The van der Waals surface area contributed by atoms with E-state index >= 15 is 0 Å². The van der Waals surface area contributed by atoms with Gasteiger partial charge in [0.25, 0.3) is 0 Å². The van der Waals surface area contributed by atoms with Gasteiger partial charge in [-0.3, -0.25) is 4.99 Å². The van der Waals surface area contributed by atoms with Crippen molar-refractivity contribution >= 4 is 5.71 Å². The zero-order valence-electron chi connectivity index (χ0n) is 14.9. The van der Waals surface area contributed by atoms with Crippen molar-refractivity contribution < 1.29 is 9.47 Å². The molecule has 0 spiro atoms. The van der Waals surface area contributed by atoms with Crippen molar-refractivity contribution in [2.24, 2.45) is 10.9 Å². The molecule has 2 aromatic rings. The molecule has 0 saturated heterocycles. The van der Waals surface area contributed by atoms with E-state index in [1.165, 1.54) is 16.8 Å². The number of hydrogen-bond acceptors (Lipinski definition) is 3. The van der Waals surface area contributed by atoms with E-state index in [-0.39, 0.29) is 5.54 Å². The zero-order chi connectivity index (χ0) is 17.2. The Hall–Kier alpha value is -2.29. The quantitative estimate of drug-likeness (QED) is 0.788. The molecule has 0 fully saturated rings. The number of rotatable bonds is 5. The van der Waals surface area contributed by atoms with E-state index in [1.54, 1.807) is 14.2 Å². The third kappa shape index (κ3) is 2.91. The Morgan fingerprint density at radius 2 is 1.29 bits per heavy atom. The molecule has 3 rings (SSSR count).